The molecule has 3 N–H and O–H groups in total. The van der Waals surface area contributed by atoms with Gasteiger partial charge >= 0.3 is 5.97 Å². The van der Waals surface area contributed by atoms with Crippen LogP contribution in [0.2, 0.25) is 0 Å². The van der Waals surface area contributed by atoms with Crippen LogP contribution in [0.5, 0.6) is 0 Å². The van der Waals surface area contributed by atoms with E-state index in [9.17, 15) is 19.8 Å². The fraction of sp³-hybridized carbons (Fsp3) is 0.889. The summed E-state index contributed by atoms with van der Waals surface area (Å²) >= 11 is 0. The first-order chi connectivity index (χ1) is 29.5. The number of aliphatic hydroxyl groups is 2. The molecule has 6 heteroatoms. The first-order valence-electron chi connectivity index (χ1n) is 26.6. The van der Waals surface area contributed by atoms with E-state index in [1.165, 1.54) is 167 Å². The lowest BCUT2D eigenvalue weighted by Crippen LogP contribution is -2.45. The van der Waals surface area contributed by atoms with Crippen molar-refractivity contribution in [3.8, 4) is 0 Å². The molecule has 0 heterocycles. The Hall–Kier alpha value is -1.66. The molecule has 354 valence electrons. The third-order valence-corrected chi connectivity index (χ3v) is 12.2. The van der Waals surface area contributed by atoms with E-state index in [1.807, 2.05) is 0 Å². The zero-order valence-corrected chi connectivity index (χ0v) is 40.2. The molecule has 0 aromatic carbocycles. The van der Waals surface area contributed by atoms with E-state index in [1.54, 1.807) is 0 Å². The number of rotatable bonds is 49. The summed E-state index contributed by atoms with van der Waals surface area (Å²) in [5, 5.41) is 23.3. The van der Waals surface area contributed by atoms with Gasteiger partial charge < -0.3 is 20.3 Å². The summed E-state index contributed by atoms with van der Waals surface area (Å²) < 4.78 is 5.41. The van der Waals surface area contributed by atoms with Crippen LogP contribution < -0.4 is 5.32 Å². The molecule has 1 amide bonds. The number of amides is 1. The number of hydrogen-bond acceptors (Lipinski definition) is 5. The van der Waals surface area contributed by atoms with Crippen molar-refractivity contribution >= 4 is 11.9 Å². The van der Waals surface area contributed by atoms with Crippen LogP contribution in [0.25, 0.3) is 0 Å². The highest BCUT2D eigenvalue weighted by atomic mass is 16.5. The number of esters is 1. The van der Waals surface area contributed by atoms with Crippen molar-refractivity contribution < 1.29 is 24.5 Å². The summed E-state index contributed by atoms with van der Waals surface area (Å²) in [6.45, 7) is 4.84. The Morgan fingerprint density at radius 3 is 1.23 bits per heavy atom. The maximum absolute atomic E-state index is 12.5. The van der Waals surface area contributed by atoms with E-state index < -0.39 is 12.1 Å². The zero-order valence-electron chi connectivity index (χ0n) is 40.2. The SMILES string of the molecule is CCCC/C=C\CCCCCCCC(=O)OCCCC/C=C\CCCCCCCC(=O)NC(CO)C(O)CCCCCCCCCCCCCCCCCCCCCCC. The average Bonchev–Trinajstić information content (AvgIpc) is 3.25. The molecular weight excluding hydrogens is 743 g/mol. The van der Waals surface area contributed by atoms with Crippen LogP contribution >= 0.6 is 0 Å². The van der Waals surface area contributed by atoms with Crippen molar-refractivity contribution in [3.05, 3.63) is 24.3 Å². The predicted octanol–water partition coefficient (Wildman–Crippen LogP) is 15.9. The fourth-order valence-corrected chi connectivity index (χ4v) is 8.08. The van der Waals surface area contributed by atoms with Crippen LogP contribution in [-0.2, 0) is 14.3 Å². The first kappa shape index (κ1) is 58.3. The van der Waals surface area contributed by atoms with Gasteiger partial charge in [-0.15, -0.1) is 0 Å². The molecule has 0 spiro atoms. The smallest absolute Gasteiger partial charge is 0.305 e. The van der Waals surface area contributed by atoms with Crippen LogP contribution in [0.15, 0.2) is 24.3 Å². The Labute approximate surface area is 373 Å². The van der Waals surface area contributed by atoms with Gasteiger partial charge in [-0.2, -0.15) is 0 Å². The Kier molecular flexibility index (Phi) is 48.6. The van der Waals surface area contributed by atoms with Gasteiger partial charge in [0.25, 0.3) is 0 Å². The summed E-state index contributed by atoms with van der Waals surface area (Å²) in [5.74, 6) is -0.105. The van der Waals surface area contributed by atoms with Crippen LogP contribution in [0.4, 0.5) is 0 Å². The molecule has 0 aliphatic rings. The topological polar surface area (TPSA) is 95.9 Å². The van der Waals surface area contributed by atoms with Gasteiger partial charge in [-0.25, -0.2) is 0 Å². The molecule has 0 saturated heterocycles. The molecule has 0 radical (unpaired) electrons. The molecule has 0 aromatic heterocycles. The van der Waals surface area contributed by atoms with Gasteiger partial charge in [-0.1, -0.05) is 224 Å². The molecule has 0 aliphatic carbocycles. The Morgan fingerprint density at radius 2 is 0.800 bits per heavy atom. The van der Waals surface area contributed by atoms with Gasteiger partial charge in [0.2, 0.25) is 5.91 Å². The molecule has 60 heavy (non-hydrogen) atoms. The van der Waals surface area contributed by atoms with Crippen LogP contribution in [0.1, 0.15) is 284 Å². The van der Waals surface area contributed by atoms with Crippen molar-refractivity contribution in [1.29, 1.82) is 0 Å². The van der Waals surface area contributed by atoms with Crippen LogP contribution in [0, 0.1) is 0 Å². The number of unbranched alkanes of at least 4 members (excludes halogenated alkanes) is 34. The van der Waals surface area contributed by atoms with Crippen molar-refractivity contribution in [2.24, 2.45) is 0 Å². The maximum atomic E-state index is 12.5. The number of carbonyl (C=O) groups excluding carboxylic acids is 2. The Bertz CT molecular complexity index is 935. The lowest BCUT2D eigenvalue weighted by atomic mass is 10.0. The van der Waals surface area contributed by atoms with E-state index >= 15 is 0 Å². The van der Waals surface area contributed by atoms with E-state index in [0.29, 0.717) is 25.9 Å². The number of carbonyl (C=O) groups is 2. The molecule has 0 bridgehead atoms. The molecule has 2 unspecified atom stereocenters. The van der Waals surface area contributed by atoms with Crippen molar-refractivity contribution in [2.45, 2.75) is 296 Å². The fourth-order valence-electron chi connectivity index (χ4n) is 8.08. The maximum Gasteiger partial charge on any atom is 0.305 e. The number of ether oxygens (including phenoxy) is 1. The normalized spacial score (nSPS) is 12.8. The third-order valence-electron chi connectivity index (χ3n) is 12.2. The van der Waals surface area contributed by atoms with Crippen molar-refractivity contribution in [2.75, 3.05) is 13.2 Å². The minimum Gasteiger partial charge on any atom is -0.466 e. The molecule has 0 rings (SSSR count). The van der Waals surface area contributed by atoms with E-state index in [2.05, 4.69) is 43.5 Å². The third kappa shape index (κ3) is 45.9. The van der Waals surface area contributed by atoms with Gasteiger partial charge in [0.1, 0.15) is 0 Å². The Morgan fingerprint density at radius 1 is 0.450 bits per heavy atom. The van der Waals surface area contributed by atoms with E-state index in [4.69, 9.17) is 4.74 Å². The van der Waals surface area contributed by atoms with Gasteiger partial charge in [0, 0.05) is 12.8 Å². The molecule has 6 nitrogen and oxygen atoms in total. The van der Waals surface area contributed by atoms with Crippen LogP contribution in [-0.4, -0.2) is 47.4 Å². The largest absolute Gasteiger partial charge is 0.466 e. The molecule has 0 saturated carbocycles. The zero-order chi connectivity index (χ0) is 43.7. The second kappa shape index (κ2) is 50.0. The monoisotopic (exact) mass is 846 g/mol. The molecule has 0 fully saturated rings. The highest BCUT2D eigenvalue weighted by Crippen LogP contribution is 2.17. The number of hydrogen-bond donors (Lipinski definition) is 3. The van der Waals surface area contributed by atoms with E-state index in [0.717, 1.165) is 83.5 Å². The van der Waals surface area contributed by atoms with Crippen LogP contribution in [0.3, 0.4) is 0 Å². The summed E-state index contributed by atoms with van der Waals surface area (Å²) in [6, 6.07) is -0.563. The lowest BCUT2D eigenvalue weighted by Gasteiger charge is -2.22. The summed E-state index contributed by atoms with van der Waals surface area (Å²) in [5.41, 5.74) is 0. The molecule has 0 aliphatic heterocycles. The number of nitrogens with one attached hydrogen (secondary N) is 1. The summed E-state index contributed by atoms with van der Waals surface area (Å²) in [7, 11) is 0. The minimum absolute atomic E-state index is 0.0419. The quantitative estimate of drug-likeness (QED) is 0.0322. The lowest BCUT2D eigenvalue weighted by molar-refractivity contribution is -0.143. The van der Waals surface area contributed by atoms with Gasteiger partial charge in [0.15, 0.2) is 0 Å². The first-order valence-corrected chi connectivity index (χ1v) is 26.6. The second-order valence-electron chi connectivity index (χ2n) is 18.2. The molecule has 0 aromatic rings. The van der Waals surface area contributed by atoms with E-state index in [-0.39, 0.29) is 18.5 Å². The average molecular weight is 846 g/mol. The number of aliphatic hydroxyl groups excluding tert-OH is 2. The highest BCUT2D eigenvalue weighted by Gasteiger charge is 2.20. The van der Waals surface area contributed by atoms with Crippen molar-refractivity contribution in [3.63, 3.8) is 0 Å². The van der Waals surface area contributed by atoms with Gasteiger partial charge in [-0.3, -0.25) is 9.59 Å². The summed E-state index contributed by atoms with van der Waals surface area (Å²) in [6.07, 6.45) is 58.7. The molecule has 2 atom stereocenters. The standard InChI is InChI=1S/C54H103NO5/c1-3-5-7-9-11-13-15-16-17-18-19-20-21-22-23-24-27-30-34-38-42-46-52(57)51(50-56)55-53(58)47-43-39-35-31-28-25-29-33-37-41-45-49-60-54(59)48-44-40-36-32-26-14-12-10-8-6-4-2/h10,12,29,33,51-52,56-57H,3-9,11,13-28,30-32,34-50H2,1-2H3,(H,55,58)/b12-10-,33-29-. The highest BCUT2D eigenvalue weighted by molar-refractivity contribution is 5.76. The second-order valence-corrected chi connectivity index (χ2v) is 18.2. The summed E-state index contributed by atoms with van der Waals surface area (Å²) in [4.78, 5) is 24.4. The minimum atomic E-state index is -0.683. The van der Waals surface area contributed by atoms with Gasteiger partial charge in [-0.05, 0) is 70.6 Å². The van der Waals surface area contributed by atoms with Crippen molar-refractivity contribution in [1.82, 2.24) is 5.32 Å². The molecular formula is C54H103NO5. The predicted molar refractivity (Wildman–Crippen MR) is 260 cm³/mol. The Balaban J connectivity index is 3.52. The number of allylic oxidation sites excluding steroid dienone is 4. The van der Waals surface area contributed by atoms with Gasteiger partial charge in [0.05, 0.1) is 25.4 Å².